The van der Waals surface area contributed by atoms with Crippen LogP contribution in [0.2, 0.25) is 0 Å². The van der Waals surface area contributed by atoms with Crippen LogP contribution in [0.25, 0.3) is 0 Å². The third kappa shape index (κ3) is 5.53. The second-order valence-corrected chi connectivity index (χ2v) is 11.1. The van der Waals surface area contributed by atoms with Gasteiger partial charge in [0.15, 0.2) is 11.5 Å². The van der Waals surface area contributed by atoms with Crippen molar-refractivity contribution in [1.29, 1.82) is 0 Å². The Kier molecular flexibility index (Phi) is 7.96. The lowest BCUT2D eigenvalue weighted by Gasteiger charge is -2.27. The van der Waals surface area contributed by atoms with Crippen molar-refractivity contribution in [3.8, 4) is 11.5 Å². The van der Waals surface area contributed by atoms with E-state index in [-0.39, 0.29) is 30.0 Å². The predicted octanol–water partition coefficient (Wildman–Crippen LogP) is 4.17. The maximum absolute atomic E-state index is 13.7. The van der Waals surface area contributed by atoms with E-state index in [4.69, 9.17) is 9.47 Å². The highest BCUT2D eigenvalue weighted by molar-refractivity contribution is 9.10. The van der Waals surface area contributed by atoms with Crippen LogP contribution in [0.1, 0.15) is 12.0 Å². The SMILES string of the molecule is COc1ccc(CCN(C2CC(=O)N(c3ccc(F)cc3)C2=O)S(=O)(=O)c2ccc(Br)cc2)cc1OC. The molecule has 1 unspecified atom stereocenters. The summed E-state index contributed by atoms with van der Waals surface area (Å²) in [5, 5.41) is 0. The van der Waals surface area contributed by atoms with Crippen LogP contribution in [0.3, 0.4) is 0 Å². The molecule has 8 nitrogen and oxygen atoms in total. The summed E-state index contributed by atoms with van der Waals surface area (Å²) in [5.41, 5.74) is 0.931. The number of rotatable bonds is 9. The lowest BCUT2D eigenvalue weighted by molar-refractivity contribution is -0.122. The molecule has 0 saturated carbocycles. The molecule has 0 radical (unpaired) electrons. The number of ether oxygens (including phenoxy) is 2. The molecule has 2 amide bonds. The molecule has 0 aromatic heterocycles. The molecule has 1 fully saturated rings. The smallest absolute Gasteiger partial charge is 0.252 e. The molecule has 0 bridgehead atoms. The number of hydrogen-bond acceptors (Lipinski definition) is 6. The minimum Gasteiger partial charge on any atom is -0.493 e. The van der Waals surface area contributed by atoms with Gasteiger partial charge in [0.25, 0.3) is 5.91 Å². The van der Waals surface area contributed by atoms with E-state index in [0.29, 0.717) is 16.0 Å². The number of methoxy groups -OCH3 is 2. The molecule has 194 valence electrons. The molecule has 3 aromatic rings. The Bertz CT molecular complexity index is 1410. The first-order chi connectivity index (χ1) is 17.6. The first-order valence-corrected chi connectivity index (χ1v) is 13.5. The van der Waals surface area contributed by atoms with Gasteiger partial charge in [-0.2, -0.15) is 4.31 Å². The average Bonchev–Trinajstić information content (AvgIpc) is 3.17. The summed E-state index contributed by atoms with van der Waals surface area (Å²) >= 11 is 3.30. The van der Waals surface area contributed by atoms with E-state index in [1.165, 1.54) is 38.5 Å². The minimum atomic E-state index is -4.17. The fourth-order valence-electron chi connectivity index (χ4n) is 4.16. The molecular weight excluding hydrogens is 567 g/mol. The molecule has 3 aromatic carbocycles. The normalized spacial score (nSPS) is 15.9. The van der Waals surface area contributed by atoms with E-state index in [1.54, 1.807) is 30.3 Å². The van der Waals surface area contributed by atoms with Crippen molar-refractivity contribution >= 4 is 43.5 Å². The summed E-state index contributed by atoms with van der Waals surface area (Å²) in [5.74, 6) is -0.767. The number of nitrogens with zero attached hydrogens (tertiary/aromatic N) is 2. The molecule has 1 aliphatic rings. The van der Waals surface area contributed by atoms with Crippen molar-refractivity contribution in [1.82, 2.24) is 4.31 Å². The molecule has 1 heterocycles. The average molecular weight is 591 g/mol. The van der Waals surface area contributed by atoms with Crippen molar-refractivity contribution in [3.05, 3.63) is 82.6 Å². The number of carbonyl (C=O) groups is 2. The van der Waals surface area contributed by atoms with Gasteiger partial charge in [-0.25, -0.2) is 17.7 Å². The van der Waals surface area contributed by atoms with Crippen LogP contribution in [-0.2, 0) is 26.0 Å². The van der Waals surface area contributed by atoms with Crippen molar-refractivity contribution in [2.45, 2.75) is 23.8 Å². The van der Waals surface area contributed by atoms with E-state index < -0.39 is 33.7 Å². The highest BCUT2D eigenvalue weighted by Gasteiger charge is 2.46. The van der Waals surface area contributed by atoms with E-state index in [9.17, 15) is 22.4 Å². The number of carbonyl (C=O) groups excluding carboxylic acids is 2. The number of benzene rings is 3. The third-order valence-electron chi connectivity index (χ3n) is 6.04. The molecule has 37 heavy (non-hydrogen) atoms. The Balaban J connectivity index is 1.69. The monoisotopic (exact) mass is 590 g/mol. The van der Waals surface area contributed by atoms with Gasteiger partial charge in [0, 0.05) is 11.0 Å². The van der Waals surface area contributed by atoms with Crippen LogP contribution in [-0.4, -0.2) is 51.3 Å². The Hall–Kier alpha value is -3.28. The van der Waals surface area contributed by atoms with Crippen LogP contribution in [0.5, 0.6) is 11.5 Å². The first-order valence-electron chi connectivity index (χ1n) is 11.3. The largest absolute Gasteiger partial charge is 0.493 e. The molecule has 1 atom stereocenters. The molecular formula is C26H24BrFN2O6S. The summed E-state index contributed by atoms with van der Waals surface area (Å²) < 4.78 is 53.3. The molecule has 11 heteroatoms. The molecule has 4 rings (SSSR count). The van der Waals surface area contributed by atoms with Gasteiger partial charge in [-0.05, 0) is 72.6 Å². The fourth-order valence-corrected chi connectivity index (χ4v) is 6.01. The number of imide groups is 1. The van der Waals surface area contributed by atoms with E-state index in [1.807, 2.05) is 0 Å². The predicted molar refractivity (Wildman–Crippen MR) is 139 cm³/mol. The summed E-state index contributed by atoms with van der Waals surface area (Å²) in [7, 11) is -1.16. The summed E-state index contributed by atoms with van der Waals surface area (Å²) in [6.07, 6.45) is -0.0947. The summed E-state index contributed by atoms with van der Waals surface area (Å²) in [6, 6.07) is 14.9. The van der Waals surface area contributed by atoms with Gasteiger partial charge in [0.05, 0.1) is 31.2 Å². The van der Waals surface area contributed by atoms with Crippen LogP contribution >= 0.6 is 15.9 Å². The molecule has 0 aliphatic carbocycles. The molecule has 0 N–H and O–H groups in total. The van der Waals surface area contributed by atoms with Crippen LogP contribution in [0, 0.1) is 5.82 Å². The standard InChI is InChI=1S/C26H24BrFN2O6S/c1-35-23-12-3-17(15-24(23)36-2)13-14-29(37(33,34)21-10-4-18(27)5-11-21)22-16-25(31)30(26(22)32)20-8-6-19(28)7-9-20/h3-12,15,22H,13-14,16H2,1-2H3. The number of hydrogen-bond donors (Lipinski definition) is 0. The quantitative estimate of drug-likeness (QED) is 0.347. The Morgan fingerprint density at radius 3 is 2.24 bits per heavy atom. The zero-order valence-electron chi connectivity index (χ0n) is 20.1. The zero-order valence-corrected chi connectivity index (χ0v) is 22.5. The lowest BCUT2D eigenvalue weighted by Crippen LogP contribution is -2.46. The van der Waals surface area contributed by atoms with Crippen molar-refractivity contribution in [3.63, 3.8) is 0 Å². The highest BCUT2D eigenvalue weighted by Crippen LogP contribution is 2.31. The number of sulfonamides is 1. The van der Waals surface area contributed by atoms with E-state index in [0.717, 1.165) is 26.9 Å². The van der Waals surface area contributed by atoms with Crippen molar-refractivity contribution in [2.24, 2.45) is 0 Å². The number of anilines is 1. The van der Waals surface area contributed by atoms with E-state index in [2.05, 4.69) is 15.9 Å². The third-order valence-corrected chi connectivity index (χ3v) is 8.50. The molecule has 0 spiro atoms. The van der Waals surface area contributed by atoms with Crippen LogP contribution in [0.15, 0.2) is 76.1 Å². The Morgan fingerprint density at radius 1 is 0.973 bits per heavy atom. The van der Waals surface area contributed by atoms with Crippen molar-refractivity contribution < 1.29 is 31.9 Å². The second kappa shape index (κ2) is 11.0. The Morgan fingerprint density at radius 2 is 1.62 bits per heavy atom. The lowest BCUT2D eigenvalue weighted by atomic mass is 10.1. The zero-order chi connectivity index (χ0) is 26.7. The van der Waals surface area contributed by atoms with Gasteiger partial charge in [0.1, 0.15) is 11.9 Å². The maximum atomic E-state index is 13.7. The molecule has 1 aliphatic heterocycles. The van der Waals surface area contributed by atoms with Gasteiger partial charge in [0.2, 0.25) is 15.9 Å². The Labute approximate surface area is 222 Å². The first kappa shape index (κ1) is 26.8. The summed E-state index contributed by atoms with van der Waals surface area (Å²) in [4.78, 5) is 27.2. The number of halogens is 2. The second-order valence-electron chi connectivity index (χ2n) is 8.27. The van der Waals surface area contributed by atoms with Crippen LogP contribution in [0.4, 0.5) is 10.1 Å². The minimum absolute atomic E-state index is 0.0107. The highest BCUT2D eigenvalue weighted by atomic mass is 79.9. The van der Waals surface area contributed by atoms with Gasteiger partial charge in [-0.3, -0.25) is 9.59 Å². The number of amides is 2. The van der Waals surface area contributed by atoms with Crippen LogP contribution < -0.4 is 14.4 Å². The summed E-state index contributed by atoms with van der Waals surface area (Å²) in [6.45, 7) is -0.0746. The van der Waals surface area contributed by atoms with Gasteiger partial charge in [-0.1, -0.05) is 22.0 Å². The van der Waals surface area contributed by atoms with Crippen molar-refractivity contribution in [2.75, 3.05) is 25.7 Å². The van der Waals surface area contributed by atoms with Gasteiger partial charge in [-0.15, -0.1) is 0 Å². The van der Waals surface area contributed by atoms with Gasteiger partial charge < -0.3 is 9.47 Å². The molecule has 1 saturated heterocycles. The van der Waals surface area contributed by atoms with E-state index >= 15 is 0 Å². The fraction of sp³-hybridized carbons (Fsp3) is 0.231. The van der Waals surface area contributed by atoms with Gasteiger partial charge >= 0.3 is 0 Å². The topological polar surface area (TPSA) is 93.2 Å². The maximum Gasteiger partial charge on any atom is 0.252 e.